The van der Waals surface area contributed by atoms with Crippen molar-refractivity contribution >= 4 is 51.1 Å². The molecule has 3 aromatic heterocycles. The van der Waals surface area contributed by atoms with Crippen LogP contribution in [0.3, 0.4) is 0 Å². The lowest BCUT2D eigenvalue weighted by molar-refractivity contribution is 0.730. The number of aryl methyl sites for hydroxylation is 1. The van der Waals surface area contributed by atoms with Crippen LogP contribution in [0.4, 0.5) is 0 Å². The first-order valence-corrected chi connectivity index (χ1v) is 12.1. The van der Waals surface area contributed by atoms with Crippen molar-refractivity contribution < 1.29 is 0 Å². The maximum atomic E-state index is 12.7. The molecule has 0 radical (unpaired) electrons. The molecule has 0 N–H and O–H groups in total. The monoisotopic (exact) mass is 486 g/mol. The van der Waals surface area contributed by atoms with Crippen LogP contribution in [-0.4, -0.2) is 28.7 Å². The highest BCUT2D eigenvalue weighted by Crippen LogP contribution is 2.29. The van der Waals surface area contributed by atoms with Crippen LogP contribution in [0, 0.1) is 0 Å². The Bertz CT molecular complexity index is 1740. The van der Waals surface area contributed by atoms with E-state index in [4.69, 9.17) is 16.6 Å². The maximum Gasteiger partial charge on any atom is 0.262 e. The van der Waals surface area contributed by atoms with Gasteiger partial charge in [-0.25, -0.2) is 4.98 Å². The van der Waals surface area contributed by atoms with Crippen LogP contribution in [-0.2, 0) is 19.3 Å². The van der Waals surface area contributed by atoms with Crippen molar-refractivity contribution in [3.05, 3.63) is 99.6 Å². The van der Waals surface area contributed by atoms with E-state index >= 15 is 0 Å². The van der Waals surface area contributed by atoms with Gasteiger partial charge in [0.1, 0.15) is 5.82 Å². The molecule has 3 aromatic carbocycles. The Morgan fingerprint density at radius 1 is 0.941 bits per heavy atom. The first-order chi connectivity index (χ1) is 16.6. The molecule has 0 fully saturated rings. The minimum absolute atomic E-state index is 0.0868. The summed E-state index contributed by atoms with van der Waals surface area (Å²) in [4.78, 5) is 17.6. The first-order valence-electron chi connectivity index (χ1n) is 10.7. The molecule has 9 heteroatoms. The predicted molar refractivity (Wildman–Crippen MR) is 136 cm³/mol. The van der Waals surface area contributed by atoms with Gasteiger partial charge in [-0.1, -0.05) is 65.8 Å². The summed E-state index contributed by atoms with van der Waals surface area (Å²) in [6, 6.07) is 23.6. The summed E-state index contributed by atoms with van der Waals surface area (Å²) < 4.78 is 5.68. The standard InChI is InChI=1S/C25H19ClN6OS/c1-30-23(33)18-9-5-6-10-20(18)32-22(28-29-24(30)32)15-34-25-27-19-13-17(26)11-12-21(19)31(25)14-16-7-3-2-4-8-16/h2-13H,14-15H2,1H3. The van der Waals surface area contributed by atoms with Crippen molar-refractivity contribution in [1.82, 2.24) is 28.7 Å². The minimum Gasteiger partial charge on any atom is -0.314 e. The Morgan fingerprint density at radius 2 is 1.74 bits per heavy atom. The smallest absolute Gasteiger partial charge is 0.262 e. The number of nitrogens with zero attached hydrogens (tertiary/aromatic N) is 6. The second kappa shape index (κ2) is 8.30. The highest BCUT2D eigenvalue weighted by molar-refractivity contribution is 7.98. The van der Waals surface area contributed by atoms with Gasteiger partial charge >= 0.3 is 0 Å². The van der Waals surface area contributed by atoms with Crippen LogP contribution in [0.1, 0.15) is 11.4 Å². The van der Waals surface area contributed by atoms with Gasteiger partial charge in [0, 0.05) is 12.1 Å². The fraction of sp³-hybridized carbons (Fsp3) is 0.120. The van der Waals surface area contributed by atoms with Crippen LogP contribution < -0.4 is 5.56 Å². The van der Waals surface area contributed by atoms with Crippen molar-refractivity contribution in [2.24, 2.45) is 7.05 Å². The molecular formula is C25H19ClN6OS. The number of halogens is 1. The molecule has 6 aromatic rings. The van der Waals surface area contributed by atoms with E-state index in [1.165, 1.54) is 10.1 Å². The molecule has 0 amide bonds. The SMILES string of the molecule is Cn1c(=O)c2ccccc2n2c(CSc3nc4cc(Cl)ccc4n3Cc3ccccc3)nnc12. The number of thioether (sulfide) groups is 1. The van der Waals surface area contributed by atoms with Crippen molar-refractivity contribution in [2.75, 3.05) is 0 Å². The molecule has 0 aliphatic heterocycles. The van der Waals surface area contributed by atoms with Gasteiger partial charge in [-0.2, -0.15) is 0 Å². The van der Waals surface area contributed by atoms with E-state index in [9.17, 15) is 4.79 Å². The minimum atomic E-state index is -0.0868. The highest BCUT2D eigenvalue weighted by Gasteiger charge is 2.17. The van der Waals surface area contributed by atoms with E-state index in [1.54, 1.807) is 18.8 Å². The van der Waals surface area contributed by atoms with Crippen LogP contribution in [0.5, 0.6) is 0 Å². The summed E-state index contributed by atoms with van der Waals surface area (Å²) in [6.07, 6.45) is 0. The Morgan fingerprint density at radius 3 is 2.59 bits per heavy atom. The van der Waals surface area contributed by atoms with Crippen molar-refractivity contribution in [1.29, 1.82) is 0 Å². The van der Waals surface area contributed by atoms with Crippen LogP contribution in [0.25, 0.3) is 27.7 Å². The fourth-order valence-electron chi connectivity index (χ4n) is 4.22. The fourth-order valence-corrected chi connectivity index (χ4v) is 5.32. The van der Waals surface area contributed by atoms with E-state index in [-0.39, 0.29) is 5.56 Å². The Hall–Kier alpha value is -3.62. The van der Waals surface area contributed by atoms with Crippen LogP contribution in [0.2, 0.25) is 5.02 Å². The van der Waals surface area contributed by atoms with E-state index in [2.05, 4.69) is 26.9 Å². The van der Waals surface area contributed by atoms with Crippen LogP contribution >= 0.6 is 23.4 Å². The highest BCUT2D eigenvalue weighted by atomic mass is 35.5. The summed E-state index contributed by atoms with van der Waals surface area (Å²) in [5.41, 5.74) is 3.77. The second-order valence-electron chi connectivity index (χ2n) is 8.02. The molecule has 0 aliphatic carbocycles. The number of benzene rings is 3. The summed E-state index contributed by atoms with van der Waals surface area (Å²) in [5.74, 6) is 1.81. The van der Waals surface area contributed by atoms with Crippen molar-refractivity contribution in [3.63, 3.8) is 0 Å². The molecule has 34 heavy (non-hydrogen) atoms. The van der Waals surface area contributed by atoms with Crippen molar-refractivity contribution in [2.45, 2.75) is 17.5 Å². The van der Waals surface area contributed by atoms with Gasteiger partial charge in [0.25, 0.3) is 5.56 Å². The molecule has 0 aliphatic rings. The third-order valence-electron chi connectivity index (χ3n) is 5.88. The quantitative estimate of drug-likeness (QED) is 0.323. The first kappa shape index (κ1) is 20.9. The number of hydrogen-bond donors (Lipinski definition) is 0. The third kappa shape index (κ3) is 3.46. The topological polar surface area (TPSA) is 70.0 Å². The van der Waals surface area contributed by atoms with Gasteiger partial charge in [0.2, 0.25) is 5.78 Å². The zero-order chi connectivity index (χ0) is 23.2. The van der Waals surface area contributed by atoms with Gasteiger partial charge in [-0.05, 0) is 35.9 Å². The van der Waals surface area contributed by atoms with E-state index in [0.29, 0.717) is 28.5 Å². The summed E-state index contributed by atoms with van der Waals surface area (Å²) in [6.45, 7) is 0.694. The zero-order valence-electron chi connectivity index (χ0n) is 18.2. The number of aromatic nitrogens is 6. The number of imidazole rings is 1. The lowest BCUT2D eigenvalue weighted by Gasteiger charge is -2.10. The summed E-state index contributed by atoms with van der Waals surface area (Å²) >= 11 is 7.83. The average molecular weight is 487 g/mol. The van der Waals surface area contributed by atoms with Crippen LogP contribution in [0.15, 0.2) is 82.7 Å². The van der Waals surface area contributed by atoms with E-state index in [1.807, 2.05) is 65.1 Å². The number of fused-ring (bicyclic) bond motifs is 4. The Balaban J connectivity index is 1.43. The van der Waals surface area contributed by atoms with Gasteiger partial charge in [-0.15, -0.1) is 10.2 Å². The lowest BCUT2D eigenvalue weighted by atomic mass is 10.2. The normalized spacial score (nSPS) is 11.7. The molecule has 7 nitrogen and oxygen atoms in total. The largest absolute Gasteiger partial charge is 0.314 e. The zero-order valence-corrected chi connectivity index (χ0v) is 19.8. The molecule has 0 unspecified atom stereocenters. The predicted octanol–water partition coefficient (Wildman–Crippen LogP) is 4.92. The molecule has 0 spiro atoms. The molecule has 0 saturated carbocycles. The molecule has 0 atom stereocenters. The molecule has 168 valence electrons. The van der Waals surface area contributed by atoms with E-state index in [0.717, 1.165) is 27.5 Å². The molecule has 3 heterocycles. The molecule has 0 saturated heterocycles. The number of rotatable bonds is 5. The van der Waals surface area contributed by atoms with Gasteiger partial charge in [-0.3, -0.25) is 13.8 Å². The third-order valence-corrected chi connectivity index (χ3v) is 7.09. The summed E-state index contributed by atoms with van der Waals surface area (Å²) in [7, 11) is 1.72. The summed E-state index contributed by atoms with van der Waals surface area (Å²) in [5, 5.41) is 10.9. The van der Waals surface area contributed by atoms with Crippen molar-refractivity contribution in [3.8, 4) is 0 Å². The number of hydrogen-bond acceptors (Lipinski definition) is 5. The molecule has 0 bridgehead atoms. The number of para-hydroxylation sites is 1. The average Bonchev–Trinajstić information content (AvgIpc) is 3.43. The lowest BCUT2D eigenvalue weighted by Crippen LogP contribution is -2.20. The molecule has 6 rings (SSSR count). The van der Waals surface area contributed by atoms with Gasteiger partial charge in [0.05, 0.1) is 34.2 Å². The Labute approximate surface area is 203 Å². The molecular weight excluding hydrogens is 468 g/mol. The Kier molecular flexibility index (Phi) is 5.12. The van der Waals surface area contributed by atoms with Gasteiger partial charge in [0.15, 0.2) is 5.16 Å². The van der Waals surface area contributed by atoms with E-state index < -0.39 is 0 Å². The van der Waals surface area contributed by atoms with Gasteiger partial charge < -0.3 is 4.57 Å². The second-order valence-corrected chi connectivity index (χ2v) is 9.40. The maximum absolute atomic E-state index is 12.7.